The lowest BCUT2D eigenvalue weighted by Crippen LogP contribution is -2.28. The third kappa shape index (κ3) is 14.6. The van der Waals surface area contributed by atoms with E-state index in [1.165, 1.54) is 34.9 Å². The quantitative estimate of drug-likeness (QED) is 0.0838. The third-order valence-electron chi connectivity index (χ3n) is 5.06. The van der Waals surface area contributed by atoms with Gasteiger partial charge in [-0.1, -0.05) is 51.5 Å². The Kier molecular flexibility index (Phi) is 17.6. The summed E-state index contributed by atoms with van der Waals surface area (Å²) in [5.74, 6) is -0.317. The van der Waals surface area contributed by atoms with Crippen molar-refractivity contribution in [1.82, 2.24) is 4.90 Å². The van der Waals surface area contributed by atoms with Gasteiger partial charge in [0.2, 0.25) is 0 Å². The van der Waals surface area contributed by atoms with Crippen molar-refractivity contribution in [3.8, 4) is 0 Å². The number of rotatable bonds is 21. The van der Waals surface area contributed by atoms with Gasteiger partial charge in [0.05, 0.1) is 6.61 Å². The van der Waals surface area contributed by atoms with Crippen molar-refractivity contribution in [2.45, 2.75) is 64.7 Å². The highest BCUT2D eigenvalue weighted by molar-refractivity contribution is 7.54. The summed E-state index contributed by atoms with van der Waals surface area (Å²) in [7, 11) is -1.20. The number of nitrogens with zero attached hydrogens (tertiary/aromatic N) is 1. The Morgan fingerprint density at radius 2 is 1.09 bits per heavy atom. The van der Waals surface area contributed by atoms with Crippen molar-refractivity contribution in [2.75, 3.05) is 54.2 Å². The second kappa shape index (κ2) is 17.9. The second-order valence-electron chi connectivity index (χ2n) is 7.73. The average molecular weight is 500 g/mol. The lowest BCUT2D eigenvalue weighted by Gasteiger charge is -2.27. The molecule has 32 heavy (non-hydrogen) atoms. The van der Waals surface area contributed by atoms with Crippen molar-refractivity contribution >= 4 is 21.2 Å². The van der Waals surface area contributed by atoms with E-state index in [0.29, 0.717) is 18.7 Å². The monoisotopic (exact) mass is 499 g/mol. The third-order valence-corrected chi connectivity index (χ3v) is 8.78. The fraction of sp³-hybridized carbons (Fsp3) is 0.857. The molecule has 0 rings (SSSR count). The molecule has 0 radical (unpaired) electrons. The first-order chi connectivity index (χ1) is 15.1. The van der Waals surface area contributed by atoms with Gasteiger partial charge in [-0.15, -0.1) is 0 Å². The maximum absolute atomic E-state index is 12.5. The van der Waals surface area contributed by atoms with Crippen LogP contribution in [0.4, 0.5) is 0 Å². The molecule has 0 heterocycles. The minimum absolute atomic E-state index is 0.0262. The summed E-state index contributed by atoms with van der Waals surface area (Å²) in [6.45, 7) is 6.26. The Bertz CT molecular complexity index is 585. The molecule has 0 saturated carbocycles. The molecule has 0 aromatic rings. The lowest BCUT2D eigenvalue weighted by molar-refractivity contribution is -0.139. The molecule has 0 fully saturated rings. The molecule has 0 aliphatic heterocycles. The van der Waals surface area contributed by atoms with Gasteiger partial charge in [0.15, 0.2) is 0 Å². The lowest BCUT2D eigenvalue weighted by atomic mass is 10.1. The van der Waals surface area contributed by atoms with Crippen LogP contribution in [0.5, 0.6) is 0 Å². The van der Waals surface area contributed by atoms with Crippen molar-refractivity contribution < 1.29 is 36.8 Å². The maximum atomic E-state index is 12.5. The molecular weight excluding hydrogens is 456 g/mol. The second-order valence-corrected chi connectivity index (χ2v) is 12.2. The van der Waals surface area contributed by atoms with Gasteiger partial charge >= 0.3 is 21.2 Å². The van der Waals surface area contributed by atoms with Crippen LogP contribution in [-0.2, 0) is 36.8 Å². The molecule has 0 saturated heterocycles. The van der Waals surface area contributed by atoms with Crippen LogP contribution >= 0.6 is 15.2 Å². The summed E-state index contributed by atoms with van der Waals surface area (Å²) >= 11 is 0. The zero-order valence-electron chi connectivity index (χ0n) is 20.5. The average Bonchev–Trinajstić information content (AvgIpc) is 2.79. The minimum atomic E-state index is -3.28. The van der Waals surface area contributed by atoms with E-state index in [2.05, 4.69) is 6.58 Å². The van der Waals surface area contributed by atoms with Gasteiger partial charge in [0, 0.05) is 34.0 Å². The predicted molar refractivity (Wildman–Crippen MR) is 127 cm³/mol. The van der Waals surface area contributed by atoms with E-state index in [-0.39, 0.29) is 18.5 Å². The molecule has 0 aliphatic carbocycles. The molecule has 0 atom stereocenters. The van der Waals surface area contributed by atoms with Gasteiger partial charge in [-0.3, -0.25) is 14.0 Å². The molecule has 11 heteroatoms. The molecule has 0 N–H and O–H groups in total. The number of unbranched alkanes of at least 4 members (excludes halogenated alkanes) is 8. The number of carbonyl (C=O) groups is 1. The molecule has 0 spiro atoms. The fourth-order valence-electron chi connectivity index (χ4n) is 3.02. The van der Waals surface area contributed by atoms with E-state index in [1.54, 1.807) is 11.8 Å². The van der Waals surface area contributed by atoms with Gasteiger partial charge in [0.25, 0.3) is 0 Å². The number of ether oxygens (including phenoxy) is 1. The molecule has 9 nitrogen and oxygen atoms in total. The van der Waals surface area contributed by atoms with E-state index in [0.717, 1.165) is 51.4 Å². The molecule has 0 aromatic heterocycles. The largest absolute Gasteiger partial charge is 0.462 e. The van der Waals surface area contributed by atoms with Crippen LogP contribution in [0.2, 0.25) is 0 Å². The van der Waals surface area contributed by atoms with E-state index in [9.17, 15) is 13.9 Å². The van der Waals surface area contributed by atoms with E-state index in [1.807, 2.05) is 0 Å². The SMILES string of the molecule is C=C(C)C(=O)OCCCCCCCCCCCN(CP(=O)(OC)OC)CP(=O)(OC)OC. The van der Waals surface area contributed by atoms with E-state index < -0.39 is 15.2 Å². The highest BCUT2D eigenvalue weighted by Gasteiger charge is 2.31. The molecule has 0 amide bonds. The highest BCUT2D eigenvalue weighted by Crippen LogP contribution is 2.51. The van der Waals surface area contributed by atoms with Crippen molar-refractivity contribution in [2.24, 2.45) is 0 Å². The van der Waals surface area contributed by atoms with Crippen molar-refractivity contribution in [3.63, 3.8) is 0 Å². The van der Waals surface area contributed by atoms with Crippen LogP contribution < -0.4 is 0 Å². The summed E-state index contributed by atoms with van der Waals surface area (Å²) in [6, 6.07) is 0. The first kappa shape index (κ1) is 31.5. The van der Waals surface area contributed by atoms with Gasteiger partial charge in [-0.05, 0) is 26.3 Å². The van der Waals surface area contributed by atoms with Gasteiger partial charge < -0.3 is 22.8 Å². The summed E-state index contributed by atoms with van der Waals surface area (Å²) < 4.78 is 50.2. The topological polar surface area (TPSA) is 101 Å². The number of carbonyl (C=O) groups excluding carboxylic acids is 1. The van der Waals surface area contributed by atoms with E-state index >= 15 is 0 Å². The molecule has 0 aliphatic rings. The molecule has 190 valence electrons. The highest BCUT2D eigenvalue weighted by atomic mass is 31.2. The predicted octanol–water partition coefficient (Wildman–Crippen LogP) is 5.81. The standard InChI is InChI=1S/C21H43NO8P2/c1-20(2)21(23)30-17-15-13-11-9-7-8-10-12-14-16-22(18-31(24,26-3)27-4)19-32(25,28-5)29-6/h1,7-19H2,2-6H3. The van der Waals surface area contributed by atoms with Gasteiger partial charge in [0.1, 0.15) is 12.6 Å². The van der Waals surface area contributed by atoms with Crippen LogP contribution in [0.1, 0.15) is 64.7 Å². The molecule has 0 unspecified atom stereocenters. The molecular formula is C21H43NO8P2. The Morgan fingerprint density at radius 1 is 0.719 bits per heavy atom. The smallest absolute Gasteiger partial charge is 0.344 e. The summed E-state index contributed by atoms with van der Waals surface area (Å²) in [6.07, 6.45) is 9.58. The first-order valence-corrected chi connectivity index (χ1v) is 14.6. The fourth-order valence-corrected chi connectivity index (χ4v) is 5.40. The van der Waals surface area contributed by atoms with Crippen LogP contribution in [-0.4, -0.2) is 65.0 Å². The zero-order valence-corrected chi connectivity index (χ0v) is 22.3. The Balaban J connectivity index is 4.07. The van der Waals surface area contributed by atoms with Crippen molar-refractivity contribution in [3.05, 3.63) is 12.2 Å². The van der Waals surface area contributed by atoms with Crippen LogP contribution in [0, 0.1) is 0 Å². The van der Waals surface area contributed by atoms with Crippen LogP contribution in [0.15, 0.2) is 12.2 Å². The summed E-state index contributed by atoms with van der Waals surface area (Å²) in [5, 5.41) is 0. The van der Waals surface area contributed by atoms with Gasteiger partial charge in [-0.2, -0.15) is 0 Å². The summed E-state index contributed by atoms with van der Waals surface area (Å²) in [4.78, 5) is 13.0. The maximum Gasteiger partial charge on any atom is 0.344 e. The minimum Gasteiger partial charge on any atom is -0.462 e. The van der Waals surface area contributed by atoms with Crippen LogP contribution in [0.3, 0.4) is 0 Å². The normalized spacial score (nSPS) is 12.3. The Labute approximate surface area is 194 Å². The molecule has 0 aromatic carbocycles. The Morgan fingerprint density at radius 3 is 1.47 bits per heavy atom. The van der Waals surface area contributed by atoms with E-state index in [4.69, 9.17) is 22.8 Å². The van der Waals surface area contributed by atoms with Crippen LogP contribution in [0.25, 0.3) is 0 Å². The Hall–Kier alpha value is -0.530. The number of hydrogen-bond acceptors (Lipinski definition) is 9. The first-order valence-electron chi connectivity index (χ1n) is 11.1. The molecule has 0 bridgehead atoms. The summed E-state index contributed by atoms with van der Waals surface area (Å²) in [5.41, 5.74) is 0.436. The number of esters is 1. The zero-order chi connectivity index (χ0) is 24.5. The van der Waals surface area contributed by atoms with Crippen molar-refractivity contribution in [1.29, 1.82) is 0 Å². The van der Waals surface area contributed by atoms with Gasteiger partial charge in [-0.25, -0.2) is 4.79 Å². The number of hydrogen-bond donors (Lipinski definition) is 0.